The van der Waals surface area contributed by atoms with Gasteiger partial charge in [-0.05, 0) is 45.3 Å². The van der Waals surface area contributed by atoms with Gasteiger partial charge in [0, 0.05) is 10.0 Å². The van der Waals surface area contributed by atoms with Crippen LogP contribution in [0, 0.1) is 10.1 Å². The smallest absolute Gasteiger partial charge is 0.406 e. The average Bonchev–Trinajstić information content (AvgIpc) is 2.67. The van der Waals surface area contributed by atoms with Crippen molar-refractivity contribution in [3.63, 3.8) is 0 Å². The summed E-state index contributed by atoms with van der Waals surface area (Å²) in [4.78, 5) is 26.2. The standard InChI is InChI=1S/C19H13BrN2O4/c20-16-9-7-14(8-10-16)13-3-5-15(6-4-13)17(23)12-26-18-2-1-11-21-19(18)22(24)25/h1-11H,12H2. The summed E-state index contributed by atoms with van der Waals surface area (Å²) in [6.45, 7) is -0.301. The molecule has 0 unspecified atom stereocenters. The minimum absolute atomic E-state index is 0.0302. The third-order valence-electron chi connectivity index (χ3n) is 3.67. The van der Waals surface area contributed by atoms with Crippen LogP contribution in [0.2, 0.25) is 0 Å². The monoisotopic (exact) mass is 412 g/mol. The second kappa shape index (κ2) is 7.88. The largest absolute Gasteiger partial charge is 0.477 e. The van der Waals surface area contributed by atoms with Gasteiger partial charge in [0.1, 0.15) is 6.20 Å². The summed E-state index contributed by atoms with van der Waals surface area (Å²) in [5.74, 6) is -0.714. The van der Waals surface area contributed by atoms with Crippen LogP contribution in [0.15, 0.2) is 71.3 Å². The lowest BCUT2D eigenvalue weighted by molar-refractivity contribution is -0.390. The van der Waals surface area contributed by atoms with E-state index in [0.29, 0.717) is 5.56 Å². The van der Waals surface area contributed by atoms with E-state index < -0.39 is 10.7 Å². The predicted molar refractivity (Wildman–Crippen MR) is 100 cm³/mol. The zero-order chi connectivity index (χ0) is 18.5. The number of ketones is 1. The molecular weight excluding hydrogens is 400 g/mol. The number of carbonyl (C=O) groups excluding carboxylic acids is 1. The number of halogens is 1. The van der Waals surface area contributed by atoms with Crippen LogP contribution in [0.4, 0.5) is 5.82 Å². The third-order valence-corrected chi connectivity index (χ3v) is 4.20. The van der Waals surface area contributed by atoms with E-state index in [1.807, 2.05) is 36.4 Å². The highest BCUT2D eigenvalue weighted by Gasteiger charge is 2.17. The Morgan fingerprint density at radius 3 is 2.27 bits per heavy atom. The maximum Gasteiger partial charge on any atom is 0.406 e. The SMILES string of the molecule is O=C(COc1cccnc1[N+](=O)[O-])c1ccc(-c2ccc(Br)cc2)cc1. The Balaban J connectivity index is 1.69. The number of benzene rings is 2. The highest BCUT2D eigenvalue weighted by atomic mass is 79.9. The van der Waals surface area contributed by atoms with Gasteiger partial charge in [-0.25, -0.2) is 0 Å². The Labute approximate surface area is 157 Å². The van der Waals surface area contributed by atoms with Crippen molar-refractivity contribution in [3.8, 4) is 16.9 Å². The number of Topliss-reactive ketones (excluding diaryl/α,β-unsaturated/α-hetero) is 1. The molecule has 0 amide bonds. The molecule has 0 fully saturated rings. The van der Waals surface area contributed by atoms with Crippen LogP contribution < -0.4 is 4.74 Å². The number of nitrogens with zero attached hydrogens (tertiary/aromatic N) is 2. The van der Waals surface area contributed by atoms with Crippen LogP contribution in [-0.2, 0) is 0 Å². The molecule has 0 N–H and O–H groups in total. The first-order valence-electron chi connectivity index (χ1n) is 7.66. The minimum Gasteiger partial charge on any atom is -0.477 e. The van der Waals surface area contributed by atoms with E-state index in [1.165, 1.54) is 18.3 Å². The van der Waals surface area contributed by atoms with Gasteiger partial charge in [-0.1, -0.05) is 52.3 Å². The Morgan fingerprint density at radius 1 is 1.04 bits per heavy atom. The molecule has 3 rings (SSSR count). The Hall–Kier alpha value is -3.06. The second-order valence-electron chi connectivity index (χ2n) is 5.38. The molecule has 130 valence electrons. The van der Waals surface area contributed by atoms with Gasteiger partial charge >= 0.3 is 5.82 Å². The number of ether oxygens (including phenoxy) is 1. The number of rotatable bonds is 6. The van der Waals surface area contributed by atoms with Gasteiger partial charge in [-0.3, -0.25) is 4.79 Å². The first kappa shape index (κ1) is 17.8. The molecule has 26 heavy (non-hydrogen) atoms. The third kappa shape index (κ3) is 4.12. The molecule has 0 radical (unpaired) electrons. The van der Waals surface area contributed by atoms with Crippen molar-refractivity contribution in [2.75, 3.05) is 6.61 Å². The van der Waals surface area contributed by atoms with Gasteiger partial charge in [0.15, 0.2) is 12.4 Å². The fourth-order valence-electron chi connectivity index (χ4n) is 2.35. The van der Waals surface area contributed by atoms with Gasteiger partial charge in [0.2, 0.25) is 5.75 Å². The zero-order valence-corrected chi connectivity index (χ0v) is 15.0. The molecule has 7 heteroatoms. The van der Waals surface area contributed by atoms with Crippen LogP contribution in [0.3, 0.4) is 0 Å². The molecule has 0 saturated carbocycles. The Kier molecular flexibility index (Phi) is 5.38. The quantitative estimate of drug-likeness (QED) is 0.333. The van der Waals surface area contributed by atoms with Crippen LogP contribution in [0.5, 0.6) is 5.75 Å². The van der Waals surface area contributed by atoms with E-state index in [0.717, 1.165) is 15.6 Å². The lowest BCUT2D eigenvalue weighted by Crippen LogP contribution is -2.12. The van der Waals surface area contributed by atoms with Crippen molar-refractivity contribution >= 4 is 27.5 Å². The van der Waals surface area contributed by atoms with Crippen molar-refractivity contribution in [1.29, 1.82) is 0 Å². The number of carbonyl (C=O) groups is 1. The van der Waals surface area contributed by atoms with Gasteiger partial charge in [0.25, 0.3) is 0 Å². The first-order valence-corrected chi connectivity index (χ1v) is 8.45. The lowest BCUT2D eigenvalue weighted by atomic mass is 10.0. The molecular formula is C19H13BrN2O4. The van der Waals surface area contributed by atoms with E-state index in [4.69, 9.17) is 4.74 Å². The maximum absolute atomic E-state index is 12.3. The van der Waals surface area contributed by atoms with E-state index in [9.17, 15) is 14.9 Å². The van der Waals surface area contributed by atoms with Gasteiger partial charge in [-0.15, -0.1) is 0 Å². The van der Waals surface area contributed by atoms with Gasteiger partial charge < -0.3 is 14.9 Å². The number of hydrogen-bond donors (Lipinski definition) is 0. The topological polar surface area (TPSA) is 82.3 Å². The summed E-state index contributed by atoms with van der Waals surface area (Å²) < 4.78 is 6.28. The average molecular weight is 413 g/mol. The zero-order valence-electron chi connectivity index (χ0n) is 13.5. The number of hydrogen-bond acceptors (Lipinski definition) is 5. The molecule has 0 aliphatic rings. The van der Waals surface area contributed by atoms with Crippen molar-refractivity contribution < 1.29 is 14.5 Å². The number of pyridine rings is 1. The summed E-state index contributed by atoms with van der Waals surface area (Å²) >= 11 is 3.39. The van der Waals surface area contributed by atoms with Crippen molar-refractivity contribution in [2.24, 2.45) is 0 Å². The second-order valence-corrected chi connectivity index (χ2v) is 6.29. The molecule has 3 aromatic rings. The summed E-state index contributed by atoms with van der Waals surface area (Å²) in [5.41, 5.74) is 2.49. The molecule has 0 atom stereocenters. The van der Waals surface area contributed by atoms with Crippen molar-refractivity contribution in [3.05, 3.63) is 87.0 Å². The molecule has 0 spiro atoms. The number of nitro groups is 1. The summed E-state index contributed by atoms with van der Waals surface area (Å²) in [7, 11) is 0. The molecule has 6 nitrogen and oxygen atoms in total. The van der Waals surface area contributed by atoms with Gasteiger partial charge in [-0.2, -0.15) is 0 Å². The van der Waals surface area contributed by atoms with Crippen LogP contribution >= 0.6 is 15.9 Å². The van der Waals surface area contributed by atoms with Crippen molar-refractivity contribution in [1.82, 2.24) is 4.98 Å². The molecule has 0 aliphatic carbocycles. The molecule has 2 aromatic carbocycles. The molecule has 0 aliphatic heterocycles. The highest BCUT2D eigenvalue weighted by Crippen LogP contribution is 2.24. The summed E-state index contributed by atoms with van der Waals surface area (Å²) in [6, 6.07) is 17.9. The normalized spacial score (nSPS) is 10.3. The van der Waals surface area contributed by atoms with Crippen LogP contribution in [0.25, 0.3) is 11.1 Å². The summed E-state index contributed by atoms with van der Waals surface area (Å²) in [6.07, 6.45) is 1.30. The van der Waals surface area contributed by atoms with E-state index in [2.05, 4.69) is 20.9 Å². The predicted octanol–water partition coefficient (Wildman–Crippen LogP) is 4.68. The molecule has 1 heterocycles. The Morgan fingerprint density at radius 2 is 1.65 bits per heavy atom. The van der Waals surface area contributed by atoms with E-state index in [-0.39, 0.29) is 18.1 Å². The van der Waals surface area contributed by atoms with E-state index in [1.54, 1.807) is 12.1 Å². The van der Waals surface area contributed by atoms with Crippen LogP contribution in [0.1, 0.15) is 10.4 Å². The fourth-order valence-corrected chi connectivity index (χ4v) is 2.61. The van der Waals surface area contributed by atoms with Crippen LogP contribution in [-0.4, -0.2) is 22.3 Å². The number of aromatic nitrogens is 1. The molecule has 1 aromatic heterocycles. The van der Waals surface area contributed by atoms with Crippen molar-refractivity contribution in [2.45, 2.75) is 0 Å². The highest BCUT2D eigenvalue weighted by molar-refractivity contribution is 9.10. The summed E-state index contributed by atoms with van der Waals surface area (Å²) in [5, 5.41) is 10.9. The maximum atomic E-state index is 12.3. The van der Waals surface area contributed by atoms with Gasteiger partial charge in [0.05, 0.1) is 0 Å². The molecule has 0 bridgehead atoms. The fraction of sp³-hybridized carbons (Fsp3) is 0.0526. The lowest BCUT2D eigenvalue weighted by Gasteiger charge is -2.07. The minimum atomic E-state index is -0.646. The Bertz CT molecular complexity index is 941. The first-order chi connectivity index (χ1) is 12.5. The van der Waals surface area contributed by atoms with E-state index >= 15 is 0 Å². The molecule has 0 saturated heterocycles.